The van der Waals surface area contributed by atoms with Gasteiger partial charge in [0.05, 0.1) is 6.04 Å². The quantitative estimate of drug-likeness (QED) is 0.754. The van der Waals surface area contributed by atoms with E-state index >= 15 is 0 Å². The van der Waals surface area contributed by atoms with Crippen molar-refractivity contribution >= 4 is 23.6 Å². The average molecular weight is 315 g/mol. The predicted molar refractivity (Wildman–Crippen MR) is 80.0 cm³/mol. The number of carbonyl (C=O) groups is 4. The van der Waals surface area contributed by atoms with Crippen LogP contribution in [0.1, 0.15) is 41.3 Å². The molecule has 4 amide bonds. The van der Waals surface area contributed by atoms with Crippen molar-refractivity contribution in [3.8, 4) is 0 Å². The van der Waals surface area contributed by atoms with Crippen LogP contribution in [0.5, 0.6) is 0 Å². The van der Waals surface area contributed by atoms with Gasteiger partial charge >= 0.3 is 0 Å². The maximum atomic E-state index is 12.0. The number of amides is 4. The van der Waals surface area contributed by atoms with Crippen LogP contribution in [-0.4, -0.2) is 34.6 Å². The first-order valence-corrected chi connectivity index (χ1v) is 7.45. The van der Waals surface area contributed by atoms with Gasteiger partial charge in [-0.1, -0.05) is 6.07 Å². The van der Waals surface area contributed by atoms with E-state index in [0.717, 1.165) is 11.1 Å². The fourth-order valence-electron chi connectivity index (χ4n) is 3.05. The van der Waals surface area contributed by atoms with Gasteiger partial charge in [0.2, 0.25) is 17.7 Å². The molecular formula is C16H17N3O4. The molecule has 0 saturated carbocycles. The van der Waals surface area contributed by atoms with Crippen molar-refractivity contribution < 1.29 is 19.2 Å². The van der Waals surface area contributed by atoms with E-state index in [9.17, 15) is 19.2 Å². The monoisotopic (exact) mass is 315 g/mol. The maximum Gasteiger partial charge on any atom is 0.257 e. The van der Waals surface area contributed by atoms with Gasteiger partial charge in [-0.2, -0.15) is 0 Å². The molecule has 2 N–H and O–H groups in total. The standard InChI is InChI=1S/C16H17N3O4/c1-9(20)17-15(22)10-2-3-11-7-19(8-12(11)6-10)13-4-5-14(21)18-16(13)23/h2-3,6,13H,4-5,7-8H2,1H3,(H,17,20,22)(H,18,21,23). The molecule has 0 spiro atoms. The Bertz CT molecular complexity index is 713. The summed E-state index contributed by atoms with van der Waals surface area (Å²) in [6.45, 7) is 2.44. The van der Waals surface area contributed by atoms with Gasteiger partial charge in [0.25, 0.3) is 5.91 Å². The third-order valence-corrected chi connectivity index (χ3v) is 4.16. The number of carbonyl (C=O) groups excluding carboxylic acids is 4. The third-order valence-electron chi connectivity index (χ3n) is 4.16. The molecule has 120 valence electrons. The van der Waals surface area contributed by atoms with E-state index in [2.05, 4.69) is 10.6 Å². The molecule has 2 heterocycles. The van der Waals surface area contributed by atoms with E-state index in [1.807, 2.05) is 11.0 Å². The van der Waals surface area contributed by atoms with Crippen LogP contribution >= 0.6 is 0 Å². The van der Waals surface area contributed by atoms with Gasteiger partial charge < -0.3 is 0 Å². The molecule has 7 nitrogen and oxygen atoms in total. The predicted octanol–water partition coefficient (Wildman–Crippen LogP) is 0.0837. The first kappa shape index (κ1) is 15.4. The molecule has 3 rings (SSSR count). The van der Waals surface area contributed by atoms with E-state index in [4.69, 9.17) is 0 Å². The lowest BCUT2D eigenvalue weighted by molar-refractivity contribution is -0.137. The number of imide groups is 2. The molecule has 2 aliphatic heterocycles. The number of nitrogens with zero attached hydrogens (tertiary/aromatic N) is 1. The van der Waals surface area contributed by atoms with Crippen molar-refractivity contribution in [3.63, 3.8) is 0 Å². The van der Waals surface area contributed by atoms with Gasteiger partial charge in [0.15, 0.2) is 0 Å². The zero-order chi connectivity index (χ0) is 16.6. The minimum atomic E-state index is -0.431. The second kappa shape index (κ2) is 5.92. The van der Waals surface area contributed by atoms with Crippen LogP contribution in [0.3, 0.4) is 0 Å². The van der Waals surface area contributed by atoms with E-state index in [0.29, 0.717) is 31.5 Å². The first-order chi connectivity index (χ1) is 10.9. The first-order valence-electron chi connectivity index (χ1n) is 7.45. The number of fused-ring (bicyclic) bond motifs is 1. The van der Waals surface area contributed by atoms with Gasteiger partial charge in [-0.05, 0) is 29.7 Å². The van der Waals surface area contributed by atoms with Crippen LogP contribution in [0.2, 0.25) is 0 Å². The van der Waals surface area contributed by atoms with Crippen LogP contribution in [0.15, 0.2) is 18.2 Å². The zero-order valence-corrected chi connectivity index (χ0v) is 12.7. The molecule has 1 aromatic carbocycles. The number of benzene rings is 1. The van der Waals surface area contributed by atoms with Gasteiger partial charge in [0.1, 0.15) is 0 Å². The van der Waals surface area contributed by atoms with Gasteiger partial charge in [-0.3, -0.25) is 34.7 Å². The highest BCUT2D eigenvalue weighted by molar-refractivity contribution is 6.04. The highest BCUT2D eigenvalue weighted by Crippen LogP contribution is 2.28. The maximum absolute atomic E-state index is 12.0. The number of rotatable bonds is 2. The summed E-state index contributed by atoms with van der Waals surface area (Å²) in [4.78, 5) is 48.1. The molecule has 0 aliphatic carbocycles. The van der Waals surface area contributed by atoms with Crippen molar-refractivity contribution in [1.82, 2.24) is 15.5 Å². The van der Waals surface area contributed by atoms with Crippen LogP contribution in [0, 0.1) is 0 Å². The molecule has 0 bridgehead atoms. The Morgan fingerprint density at radius 3 is 2.65 bits per heavy atom. The number of nitrogens with one attached hydrogen (secondary N) is 2. The van der Waals surface area contributed by atoms with E-state index in [-0.39, 0.29) is 17.9 Å². The van der Waals surface area contributed by atoms with E-state index in [1.54, 1.807) is 12.1 Å². The second-order valence-electron chi connectivity index (χ2n) is 5.87. The normalized spacial score (nSPS) is 20.8. The Labute approximate surface area is 133 Å². The Balaban J connectivity index is 1.74. The van der Waals surface area contributed by atoms with E-state index < -0.39 is 11.8 Å². The second-order valence-corrected chi connectivity index (χ2v) is 5.87. The molecule has 1 saturated heterocycles. The summed E-state index contributed by atoms with van der Waals surface area (Å²) in [5.74, 6) is -1.32. The van der Waals surface area contributed by atoms with Gasteiger partial charge in [0, 0.05) is 32.0 Å². The third kappa shape index (κ3) is 3.14. The molecule has 7 heteroatoms. The minimum Gasteiger partial charge on any atom is -0.295 e. The summed E-state index contributed by atoms with van der Waals surface area (Å²) in [5.41, 5.74) is 2.43. The lowest BCUT2D eigenvalue weighted by Crippen LogP contribution is -2.50. The number of hydrogen-bond acceptors (Lipinski definition) is 5. The molecule has 1 unspecified atom stereocenters. The zero-order valence-electron chi connectivity index (χ0n) is 12.7. The number of hydrogen-bond donors (Lipinski definition) is 2. The van der Waals surface area contributed by atoms with Crippen molar-refractivity contribution in [1.29, 1.82) is 0 Å². The summed E-state index contributed by atoms with van der Waals surface area (Å²) in [6, 6.07) is 4.94. The Morgan fingerprint density at radius 2 is 1.96 bits per heavy atom. The van der Waals surface area contributed by atoms with Gasteiger partial charge in [-0.25, -0.2) is 0 Å². The fourth-order valence-corrected chi connectivity index (χ4v) is 3.05. The van der Waals surface area contributed by atoms with Crippen molar-refractivity contribution in [2.45, 2.75) is 38.9 Å². The minimum absolute atomic E-state index is 0.230. The van der Waals surface area contributed by atoms with Gasteiger partial charge in [-0.15, -0.1) is 0 Å². The molecule has 2 aliphatic rings. The Kier molecular flexibility index (Phi) is 3.96. The van der Waals surface area contributed by atoms with Crippen LogP contribution in [0.25, 0.3) is 0 Å². The fraction of sp³-hybridized carbons (Fsp3) is 0.375. The molecular weight excluding hydrogens is 298 g/mol. The van der Waals surface area contributed by atoms with Crippen LogP contribution in [-0.2, 0) is 27.5 Å². The molecule has 1 atom stereocenters. The lowest BCUT2D eigenvalue weighted by Gasteiger charge is -2.29. The largest absolute Gasteiger partial charge is 0.295 e. The SMILES string of the molecule is CC(=O)NC(=O)c1ccc2c(c1)CN(C1CCC(=O)NC1=O)C2. The summed E-state index contributed by atoms with van der Waals surface area (Å²) in [7, 11) is 0. The number of piperidine rings is 1. The Hall–Kier alpha value is -2.54. The molecule has 23 heavy (non-hydrogen) atoms. The molecule has 0 radical (unpaired) electrons. The highest BCUT2D eigenvalue weighted by atomic mass is 16.2. The average Bonchev–Trinajstić information content (AvgIpc) is 2.88. The lowest BCUT2D eigenvalue weighted by atomic mass is 10.0. The van der Waals surface area contributed by atoms with Crippen molar-refractivity contribution in [2.24, 2.45) is 0 Å². The van der Waals surface area contributed by atoms with Crippen molar-refractivity contribution in [3.05, 3.63) is 34.9 Å². The summed E-state index contributed by atoms with van der Waals surface area (Å²) in [6.07, 6.45) is 0.853. The van der Waals surface area contributed by atoms with Crippen LogP contribution in [0.4, 0.5) is 0 Å². The Morgan fingerprint density at radius 1 is 1.22 bits per heavy atom. The smallest absolute Gasteiger partial charge is 0.257 e. The van der Waals surface area contributed by atoms with Crippen LogP contribution < -0.4 is 10.6 Å². The molecule has 0 aromatic heterocycles. The summed E-state index contributed by atoms with van der Waals surface area (Å²) >= 11 is 0. The topological polar surface area (TPSA) is 95.6 Å². The summed E-state index contributed by atoms with van der Waals surface area (Å²) in [5, 5.41) is 4.61. The molecule has 1 aromatic rings. The molecule has 1 fully saturated rings. The van der Waals surface area contributed by atoms with E-state index in [1.165, 1.54) is 6.92 Å². The highest BCUT2D eigenvalue weighted by Gasteiger charge is 2.34. The summed E-state index contributed by atoms with van der Waals surface area (Å²) < 4.78 is 0. The van der Waals surface area contributed by atoms with Crippen molar-refractivity contribution in [2.75, 3.05) is 0 Å².